The molecule has 0 aliphatic carbocycles. The van der Waals surface area contributed by atoms with E-state index in [1.54, 1.807) is 19.4 Å². The van der Waals surface area contributed by atoms with E-state index in [-0.39, 0.29) is 18.4 Å². The van der Waals surface area contributed by atoms with Gasteiger partial charge in [-0.25, -0.2) is 0 Å². The van der Waals surface area contributed by atoms with Gasteiger partial charge in [0.15, 0.2) is 0 Å². The van der Waals surface area contributed by atoms with E-state index in [2.05, 4.69) is 31.4 Å². The second-order valence-corrected chi connectivity index (χ2v) is 6.70. The number of anilines is 1. The van der Waals surface area contributed by atoms with E-state index in [1.165, 1.54) is 15.6 Å². The lowest BCUT2D eigenvalue weighted by Gasteiger charge is -2.27. The van der Waals surface area contributed by atoms with Crippen molar-refractivity contribution < 1.29 is 9.59 Å². The molecule has 0 radical (unpaired) electrons. The maximum atomic E-state index is 12.7. The Hall–Kier alpha value is -2.16. The first kappa shape index (κ1) is 16.7. The van der Waals surface area contributed by atoms with Crippen LogP contribution in [-0.4, -0.2) is 49.4 Å². The Labute approximate surface area is 147 Å². The van der Waals surface area contributed by atoms with Crippen LogP contribution in [0, 0.1) is 0 Å². The van der Waals surface area contributed by atoms with Crippen LogP contribution < -0.4 is 5.32 Å². The highest BCUT2D eigenvalue weighted by atomic mass is 79.9. The average molecular weight is 395 g/mol. The normalized spacial score (nSPS) is 14.7. The molecule has 1 fully saturated rings. The molecule has 0 aromatic carbocycles. The molecule has 1 N–H and O–H groups in total. The van der Waals surface area contributed by atoms with Crippen molar-refractivity contribution in [2.24, 2.45) is 7.05 Å². The number of amides is 2. The van der Waals surface area contributed by atoms with E-state index < -0.39 is 0 Å². The second kappa shape index (κ2) is 7.16. The van der Waals surface area contributed by atoms with E-state index >= 15 is 0 Å². The number of hydrogen-bond acceptors (Lipinski definition) is 4. The molecule has 3 rings (SSSR count). The van der Waals surface area contributed by atoms with Crippen LogP contribution in [0.1, 0.15) is 29.8 Å². The van der Waals surface area contributed by atoms with Gasteiger partial charge < -0.3 is 10.2 Å². The largest absolute Gasteiger partial charge is 0.337 e. The van der Waals surface area contributed by atoms with Crippen molar-refractivity contribution in [1.82, 2.24) is 24.5 Å². The predicted molar refractivity (Wildman–Crippen MR) is 91.5 cm³/mol. The minimum Gasteiger partial charge on any atom is -0.337 e. The molecule has 0 spiro atoms. The summed E-state index contributed by atoms with van der Waals surface area (Å²) in [5.41, 5.74) is 0.844. The van der Waals surface area contributed by atoms with Crippen LogP contribution in [0.3, 0.4) is 0 Å². The van der Waals surface area contributed by atoms with Gasteiger partial charge in [-0.2, -0.15) is 10.2 Å². The molecule has 1 saturated heterocycles. The maximum absolute atomic E-state index is 12.7. The molecule has 0 saturated carbocycles. The summed E-state index contributed by atoms with van der Waals surface area (Å²) in [5.74, 6) is -0.349. The van der Waals surface area contributed by atoms with Gasteiger partial charge in [0.25, 0.3) is 5.91 Å². The monoisotopic (exact) mass is 394 g/mol. The molecule has 2 amide bonds. The van der Waals surface area contributed by atoms with Gasteiger partial charge in [-0.05, 0) is 35.2 Å². The minimum absolute atomic E-state index is 0.0673. The summed E-state index contributed by atoms with van der Waals surface area (Å²) in [6.45, 7) is 1.56. The van der Waals surface area contributed by atoms with Crippen molar-refractivity contribution in [3.8, 4) is 0 Å². The summed E-state index contributed by atoms with van der Waals surface area (Å²) in [4.78, 5) is 26.8. The van der Waals surface area contributed by atoms with Crippen LogP contribution in [0.25, 0.3) is 0 Å². The van der Waals surface area contributed by atoms with Crippen molar-refractivity contribution in [2.75, 3.05) is 18.4 Å². The summed E-state index contributed by atoms with van der Waals surface area (Å²) in [6, 6.07) is 0. The Morgan fingerprint density at radius 1 is 1.21 bits per heavy atom. The van der Waals surface area contributed by atoms with Crippen molar-refractivity contribution in [3.05, 3.63) is 28.8 Å². The van der Waals surface area contributed by atoms with Gasteiger partial charge in [0, 0.05) is 26.3 Å². The Balaban J connectivity index is 1.72. The highest BCUT2D eigenvalue weighted by Crippen LogP contribution is 2.19. The van der Waals surface area contributed by atoms with E-state index in [0.29, 0.717) is 11.4 Å². The van der Waals surface area contributed by atoms with E-state index in [0.717, 1.165) is 36.8 Å². The zero-order valence-electron chi connectivity index (χ0n) is 13.4. The number of piperidine rings is 1. The third kappa shape index (κ3) is 3.66. The first-order chi connectivity index (χ1) is 11.5. The Morgan fingerprint density at radius 3 is 2.62 bits per heavy atom. The number of aromatic nitrogens is 4. The molecule has 128 valence electrons. The number of carbonyl (C=O) groups is 2. The van der Waals surface area contributed by atoms with E-state index in [4.69, 9.17) is 0 Å². The molecular formula is C15H19BrN6O2. The smallest absolute Gasteiger partial charge is 0.274 e. The molecule has 8 nitrogen and oxygen atoms in total. The van der Waals surface area contributed by atoms with Crippen LogP contribution >= 0.6 is 15.9 Å². The van der Waals surface area contributed by atoms with Gasteiger partial charge >= 0.3 is 0 Å². The lowest BCUT2D eigenvalue weighted by molar-refractivity contribution is -0.116. The van der Waals surface area contributed by atoms with Crippen LogP contribution in [0.4, 0.5) is 5.69 Å². The van der Waals surface area contributed by atoms with Crippen molar-refractivity contribution >= 4 is 33.4 Å². The number of nitrogens with zero attached hydrogens (tertiary/aromatic N) is 5. The molecule has 3 heterocycles. The average Bonchev–Trinajstić information content (AvgIpc) is 3.13. The third-order valence-corrected chi connectivity index (χ3v) is 4.38. The molecular weight excluding hydrogens is 376 g/mol. The number of carbonyl (C=O) groups excluding carboxylic acids is 2. The number of likely N-dealkylation sites (tertiary alicyclic amines) is 1. The molecule has 2 aromatic heterocycles. The number of halogens is 1. The number of rotatable bonds is 4. The van der Waals surface area contributed by atoms with E-state index in [1.807, 2.05) is 4.90 Å². The van der Waals surface area contributed by atoms with Gasteiger partial charge in [0.1, 0.15) is 12.2 Å². The maximum Gasteiger partial charge on any atom is 0.274 e. The standard InChI is InChI=1S/C15H19BrN6O2/c1-20-14(15(24)21-5-3-2-4-6-21)12(8-17-20)19-13(23)10-22-9-11(16)7-18-22/h7-9H,2-6,10H2,1H3,(H,19,23). The molecule has 0 atom stereocenters. The predicted octanol–water partition coefficient (Wildman–Crippen LogP) is 1.64. The minimum atomic E-state index is -0.258. The second-order valence-electron chi connectivity index (χ2n) is 5.79. The van der Waals surface area contributed by atoms with Crippen LogP contribution in [0.2, 0.25) is 0 Å². The number of nitrogens with one attached hydrogen (secondary N) is 1. The summed E-state index contributed by atoms with van der Waals surface area (Å²) in [6.07, 6.45) is 8.01. The zero-order valence-corrected chi connectivity index (χ0v) is 15.0. The summed E-state index contributed by atoms with van der Waals surface area (Å²) >= 11 is 3.29. The molecule has 2 aromatic rings. The molecule has 1 aliphatic rings. The molecule has 1 aliphatic heterocycles. The van der Waals surface area contributed by atoms with Gasteiger partial charge in [-0.15, -0.1) is 0 Å². The Kier molecular flexibility index (Phi) is 4.98. The fraction of sp³-hybridized carbons (Fsp3) is 0.467. The van der Waals surface area contributed by atoms with Gasteiger partial charge in [-0.3, -0.25) is 19.0 Å². The van der Waals surface area contributed by atoms with Gasteiger partial charge in [0.05, 0.1) is 22.6 Å². The SMILES string of the molecule is Cn1ncc(NC(=O)Cn2cc(Br)cn2)c1C(=O)N1CCCCC1. The van der Waals surface area contributed by atoms with Crippen molar-refractivity contribution in [2.45, 2.75) is 25.8 Å². The fourth-order valence-electron chi connectivity index (χ4n) is 2.79. The summed E-state index contributed by atoms with van der Waals surface area (Å²) < 4.78 is 3.83. The van der Waals surface area contributed by atoms with Crippen molar-refractivity contribution in [1.29, 1.82) is 0 Å². The zero-order chi connectivity index (χ0) is 17.1. The quantitative estimate of drug-likeness (QED) is 0.853. The van der Waals surface area contributed by atoms with E-state index in [9.17, 15) is 9.59 Å². The summed E-state index contributed by atoms with van der Waals surface area (Å²) in [7, 11) is 1.71. The lowest BCUT2D eigenvalue weighted by atomic mass is 10.1. The third-order valence-electron chi connectivity index (χ3n) is 3.97. The first-order valence-corrected chi connectivity index (χ1v) is 8.63. The first-order valence-electron chi connectivity index (χ1n) is 7.83. The van der Waals surface area contributed by atoms with Crippen molar-refractivity contribution in [3.63, 3.8) is 0 Å². The molecule has 0 unspecified atom stereocenters. The number of aryl methyl sites for hydroxylation is 1. The van der Waals surface area contributed by atoms with Crippen LogP contribution in [0.5, 0.6) is 0 Å². The highest BCUT2D eigenvalue weighted by Gasteiger charge is 2.25. The Morgan fingerprint density at radius 2 is 1.96 bits per heavy atom. The Bertz CT molecular complexity index is 747. The number of hydrogen-bond donors (Lipinski definition) is 1. The lowest BCUT2D eigenvalue weighted by Crippen LogP contribution is -2.37. The van der Waals surface area contributed by atoms with Crippen LogP contribution in [0.15, 0.2) is 23.1 Å². The highest BCUT2D eigenvalue weighted by molar-refractivity contribution is 9.10. The van der Waals surface area contributed by atoms with Gasteiger partial charge in [-0.1, -0.05) is 0 Å². The molecule has 0 bridgehead atoms. The van der Waals surface area contributed by atoms with Gasteiger partial charge in [0.2, 0.25) is 5.91 Å². The fourth-order valence-corrected chi connectivity index (χ4v) is 3.12. The molecule has 24 heavy (non-hydrogen) atoms. The summed E-state index contributed by atoms with van der Waals surface area (Å²) in [5, 5.41) is 10.9. The molecule has 9 heteroatoms. The topological polar surface area (TPSA) is 85.0 Å². The van der Waals surface area contributed by atoms with Crippen LogP contribution in [-0.2, 0) is 18.4 Å².